The van der Waals surface area contributed by atoms with Gasteiger partial charge in [0.25, 0.3) is 0 Å². The average Bonchev–Trinajstić information content (AvgIpc) is 2.27. The van der Waals surface area contributed by atoms with Crippen LogP contribution in [0.3, 0.4) is 0 Å². The van der Waals surface area contributed by atoms with Crippen LogP contribution in [0.2, 0.25) is 0 Å². The predicted octanol–water partition coefficient (Wildman–Crippen LogP) is 3.00. The molecule has 0 aliphatic heterocycles. The second kappa shape index (κ2) is 6.39. The Kier molecular flexibility index (Phi) is 5.44. The molecular formula is C14H27NO2. The van der Waals surface area contributed by atoms with Crippen LogP contribution < -0.4 is 0 Å². The molecule has 1 N–H and O–H groups in total. The molecule has 0 heterocycles. The van der Waals surface area contributed by atoms with Crippen LogP contribution in [0.25, 0.3) is 0 Å². The number of carboxylic acid groups (broad SMARTS) is 1. The fourth-order valence-corrected chi connectivity index (χ4v) is 2.70. The van der Waals surface area contributed by atoms with Gasteiger partial charge in [-0.1, -0.05) is 32.1 Å². The lowest BCUT2D eigenvalue weighted by Gasteiger charge is -2.29. The first kappa shape index (κ1) is 14.5. The van der Waals surface area contributed by atoms with Crippen molar-refractivity contribution in [1.82, 2.24) is 4.90 Å². The molecule has 0 atom stereocenters. The second-order valence-corrected chi connectivity index (χ2v) is 6.22. The first-order valence-electron chi connectivity index (χ1n) is 6.84. The SMILES string of the molecule is CN(CCC1CCCCC1)CC(C)(C)C(=O)O. The summed E-state index contributed by atoms with van der Waals surface area (Å²) in [5.41, 5.74) is -0.638. The largest absolute Gasteiger partial charge is 0.481 e. The highest BCUT2D eigenvalue weighted by Gasteiger charge is 2.28. The summed E-state index contributed by atoms with van der Waals surface area (Å²) in [7, 11) is 2.04. The minimum atomic E-state index is -0.706. The summed E-state index contributed by atoms with van der Waals surface area (Å²) in [4.78, 5) is 13.2. The predicted molar refractivity (Wildman–Crippen MR) is 70.1 cm³/mol. The minimum Gasteiger partial charge on any atom is -0.481 e. The molecule has 1 saturated carbocycles. The first-order chi connectivity index (χ1) is 7.92. The van der Waals surface area contributed by atoms with E-state index in [1.54, 1.807) is 13.8 Å². The number of carboxylic acids is 1. The Balaban J connectivity index is 2.24. The second-order valence-electron chi connectivity index (χ2n) is 6.22. The van der Waals surface area contributed by atoms with Gasteiger partial charge in [0, 0.05) is 6.54 Å². The van der Waals surface area contributed by atoms with E-state index >= 15 is 0 Å². The van der Waals surface area contributed by atoms with Crippen LogP contribution in [0.1, 0.15) is 52.4 Å². The quantitative estimate of drug-likeness (QED) is 0.777. The molecule has 3 heteroatoms. The molecule has 0 amide bonds. The summed E-state index contributed by atoms with van der Waals surface area (Å²) >= 11 is 0. The molecule has 0 bridgehead atoms. The van der Waals surface area contributed by atoms with E-state index in [4.69, 9.17) is 5.11 Å². The molecule has 1 aliphatic carbocycles. The van der Waals surface area contributed by atoms with Crippen molar-refractivity contribution in [2.45, 2.75) is 52.4 Å². The molecule has 0 unspecified atom stereocenters. The Morgan fingerprint density at radius 2 is 1.88 bits per heavy atom. The van der Waals surface area contributed by atoms with E-state index < -0.39 is 11.4 Å². The molecule has 1 rings (SSSR count). The number of rotatable bonds is 6. The summed E-state index contributed by atoms with van der Waals surface area (Å²) < 4.78 is 0. The van der Waals surface area contributed by atoms with Crippen LogP contribution >= 0.6 is 0 Å². The molecule has 0 radical (unpaired) electrons. The fourth-order valence-electron chi connectivity index (χ4n) is 2.70. The van der Waals surface area contributed by atoms with Gasteiger partial charge < -0.3 is 10.0 Å². The maximum Gasteiger partial charge on any atom is 0.310 e. The van der Waals surface area contributed by atoms with Gasteiger partial charge in [-0.25, -0.2) is 0 Å². The standard InChI is InChI=1S/C14H27NO2/c1-14(2,13(16)17)11-15(3)10-9-12-7-5-4-6-8-12/h12H,4-11H2,1-3H3,(H,16,17). The number of nitrogens with zero attached hydrogens (tertiary/aromatic N) is 1. The van der Waals surface area contributed by atoms with Gasteiger partial charge in [-0.15, -0.1) is 0 Å². The van der Waals surface area contributed by atoms with Crippen LogP contribution in [0, 0.1) is 11.3 Å². The number of aliphatic carboxylic acids is 1. The Morgan fingerprint density at radius 3 is 2.41 bits per heavy atom. The van der Waals surface area contributed by atoms with Crippen molar-refractivity contribution < 1.29 is 9.90 Å². The van der Waals surface area contributed by atoms with E-state index in [0.29, 0.717) is 6.54 Å². The van der Waals surface area contributed by atoms with E-state index in [1.165, 1.54) is 38.5 Å². The van der Waals surface area contributed by atoms with Gasteiger partial charge in [0.05, 0.1) is 5.41 Å². The minimum absolute atomic E-state index is 0.634. The van der Waals surface area contributed by atoms with Crippen molar-refractivity contribution in [3.8, 4) is 0 Å². The molecule has 100 valence electrons. The molecule has 0 saturated heterocycles. The molecule has 0 aromatic rings. The lowest BCUT2D eigenvalue weighted by atomic mass is 9.86. The fraction of sp³-hybridized carbons (Fsp3) is 0.929. The topological polar surface area (TPSA) is 40.5 Å². The lowest BCUT2D eigenvalue weighted by molar-refractivity contribution is -0.147. The highest BCUT2D eigenvalue weighted by atomic mass is 16.4. The van der Waals surface area contributed by atoms with Crippen LogP contribution in [0.5, 0.6) is 0 Å². The van der Waals surface area contributed by atoms with E-state index in [2.05, 4.69) is 4.90 Å². The maximum absolute atomic E-state index is 11.0. The number of hydrogen-bond donors (Lipinski definition) is 1. The monoisotopic (exact) mass is 241 g/mol. The van der Waals surface area contributed by atoms with Gasteiger partial charge in [-0.05, 0) is 39.8 Å². The van der Waals surface area contributed by atoms with E-state index in [1.807, 2.05) is 7.05 Å². The summed E-state index contributed by atoms with van der Waals surface area (Å²) in [5, 5.41) is 9.08. The maximum atomic E-state index is 11.0. The smallest absolute Gasteiger partial charge is 0.310 e. The zero-order chi connectivity index (χ0) is 12.9. The van der Waals surface area contributed by atoms with Gasteiger partial charge in [-0.2, -0.15) is 0 Å². The summed E-state index contributed by atoms with van der Waals surface area (Å²) in [6.07, 6.45) is 8.14. The number of carbonyl (C=O) groups is 1. The third kappa shape index (κ3) is 5.07. The highest BCUT2D eigenvalue weighted by molar-refractivity contribution is 5.73. The Bertz CT molecular complexity index is 245. The van der Waals surface area contributed by atoms with Crippen LogP contribution in [-0.4, -0.2) is 36.1 Å². The van der Waals surface area contributed by atoms with Gasteiger partial charge in [0.2, 0.25) is 0 Å². The lowest BCUT2D eigenvalue weighted by Crippen LogP contribution is -2.38. The van der Waals surface area contributed by atoms with E-state index in [0.717, 1.165) is 12.5 Å². The van der Waals surface area contributed by atoms with Gasteiger partial charge >= 0.3 is 5.97 Å². The molecule has 17 heavy (non-hydrogen) atoms. The summed E-state index contributed by atoms with van der Waals surface area (Å²) in [6.45, 7) is 5.26. The van der Waals surface area contributed by atoms with Crippen LogP contribution in [0.4, 0.5) is 0 Å². The summed E-state index contributed by atoms with van der Waals surface area (Å²) in [6, 6.07) is 0. The van der Waals surface area contributed by atoms with E-state index in [-0.39, 0.29) is 0 Å². The molecule has 3 nitrogen and oxygen atoms in total. The van der Waals surface area contributed by atoms with Crippen molar-refractivity contribution in [3.05, 3.63) is 0 Å². The Hall–Kier alpha value is -0.570. The molecule has 1 fully saturated rings. The van der Waals surface area contributed by atoms with Crippen molar-refractivity contribution in [2.75, 3.05) is 20.1 Å². The average molecular weight is 241 g/mol. The van der Waals surface area contributed by atoms with Crippen LogP contribution in [0.15, 0.2) is 0 Å². The Labute approximate surface area is 105 Å². The molecule has 0 aromatic carbocycles. The zero-order valence-electron chi connectivity index (χ0n) is 11.5. The van der Waals surface area contributed by atoms with E-state index in [9.17, 15) is 4.79 Å². The summed E-state index contributed by atoms with van der Waals surface area (Å²) in [5.74, 6) is 0.168. The van der Waals surface area contributed by atoms with Crippen molar-refractivity contribution in [2.24, 2.45) is 11.3 Å². The highest BCUT2D eigenvalue weighted by Crippen LogP contribution is 2.26. The third-order valence-corrected chi connectivity index (χ3v) is 3.89. The normalized spacial score (nSPS) is 18.6. The number of hydrogen-bond acceptors (Lipinski definition) is 2. The Morgan fingerprint density at radius 1 is 1.29 bits per heavy atom. The first-order valence-corrected chi connectivity index (χ1v) is 6.84. The molecule has 1 aliphatic rings. The van der Waals surface area contributed by atoms with Crippen molar-refractivity contribution >= 4 is 5.97 Å². The third-order valence-electron chi connectivity index (χ3n) is 3.89. The van der Waals surface area contributed by atoms with Gasteiger partial charge in [0.1, 0.15) is 0 Å². The van der Waals surface area contributed by atoms with Crippen molar-refractivity contribution in [1.29, 1.82) is 0 Å². The molecular weight excluding hydrogens is 214 g/mol. The molecule has 0 aromatic heterocycles. The van der Waals surface area contributed by atoms with Gasteiger partial charge in [-0.3, -0.25) is 4.79 Å². The van der Waals surface area contributed by atoms with Crippen LogP contribution in [-0.2, 0) is 4.79 Å². The zero-order valence-corrected chi connectivity index (χ0v) is 11.5. The van der Waals surface area contributed by atoms with Gasteiger partial charge in [0.15, 0.2) is 0 Å². The molecule has 0 spiro atoms. The van der Waals surface area contributed by atoms with Crippen molar-refractivity contribution in [3.63, 3.8) is 0 Å².